The van der Waals surface area contributed by atoms with Crippen LogP contribution in [0.15, 0.2) is 0 Å². The largest absolute Gasteiger partial charge is 0.395 e. The minimum Gasteiger partial charge on any atom is -0.395 e. The number of thioether (sulfide) groups is 1. The first-order valence-electron chi connectivity index (χ1n) is 3.40. The van der Waals surface area contributed by atoms with Crippen LogP contribution in [0.2, 0.25) is 0 Å². The lowest BCUT2D eigenvalue weighted by Crippen LogP contribution is -2.02. The molecular formula is C7H13NOS. The highest BCUT2D eigenvalue weighted by Crippen LogP contribution is 2.10. The molecule has 0 aliphatic rings. The fraction of sp³-hybridized carbons (Fsp3) is 0.857. The lowest BCUT2D eigenvalue weighted by Gasteiger charge is -2.04. The molecular weight excluding hydrogens is 146 g/mol. The molecule has 0 aromatic rings. The van der Waals surface area contributed by atoms with Crippen LogP contribution in [0.4, 0.5) is 0 Å². The second-order valence-electron chi connectivity index (χ2n) is 2.13. The van der Waals surface area contributed by atoms with Crippen LogP contribution in [-0.2, 0) is 0 Å². The van der Waals surface area contributed by atoms with Crippen molar-refractivity contribution in [3.8, 4) is 6.07 Å². The predicted molar refractivity (Wildman–Crippen MR) is 43.9 cm³/mol. The van der Waals surface area contributed by atoms with Crippen LogP contribution in [0.1, 0.15) is 19.8 Å². The number of hydrogen-bond acceptors (Lipinski definition) is 3. The van der Waals surface area contributed by atoms with E-state index in [2.05, 4.69) is 6.07 Å². The first-order chi connectivity index (χ1) is 4.81. The molecule has 0 saturated carbocycles. The van der Waals surface area contributed by atoms with E-state index in [1.54, 1.807) is 11.8 Å². The van der Waals surface area contributed by atoms with Gasteiger partial charge in [0.1, 0.15) is 0 Å². The maximum Gasteiger partial charge on any atom is 0.0622 e. The highest BCUT2D eigenvalue weighted by atomic mass is 32.2. The van der Waals surface area contributed by atoms with Crippen LogP contribution in [0.25, 0.3) is 0 Å². The first-order valence-corrected chi connectivity index (χ1v) is 4.45. The summed E-state index contributed by atoms with van der Waals surface area (Å²) in [5, 5.41) is 17.1. The topological polar surface area (TPSA) is 44.0 Å². The molecule has 0 heterocycles. The van der Waals surface area contributed by atoms with E-state index in [-0.39, 0.29) is 6.61 Å². The summed E-state index contributed by atoms with van der Waals surface area (Å²) < 4.78 is 0. The monoisotopic (exact) mass is 159 g/mol. The highest BCUT2D eigenvalue weighted by Gasteiger charge is 1.97. The second-order valence-corrected chi connectivity index (χ2v) is 3.67. The summed E-state index contributed by atoms with van der Waals surface area (Å²) in [6.07, 6.45) is 1.57. The molecule has 2 nitrogen and oxygen atoms in total. The predicted octanol–water partition coefficient (Wildman–Crippen LogP) is 1.40. The van der Waals surface area contributed by atoms with E-state index >= 15 is 0 Å². The van der Waals surface area contributed by atoms with E-state index in [1.165, 1.54) is 0 Å². The number of nitriles is 1. The summed E-state index contributed by atoms with van der Waals surface area (Å²) in [5.41, 5.74) is 0. The third-order valence-electron chi connectivity index (χ3n) is 1.09. The van der Waals surface area contributed by atoms with Crippen molar-refractivity contribution in [2.45, 2.75) is 25.0 Å². The Morgan fingerprint density at radius 1 is 1.70 bits per heavy atom. The van der Waals surface area contributed by atoms with Gasteiger partial charge in [-0.1, -0.05) is 6.92 Å². The smallest absolute Gasteiger partial charge is 0.0622 e. The molecule has 0 spiro atoms. The van der Waals surface area contributed by atoms with Gasteiger partial charge < -0.3 is 5.11 Å². The highest BCUT2D eigenvalue weighted by molar-refractivity contribution is 7.99. The average Bonchev–Trinajstić information content (AvgIpc) is 1.98. The Balaban J connectivity index is 2.98. The van der Waals surface area contributed by atoms with Gasteiger partial charge in [0, 0.05) is 11.7 Å². The molecule has 0 aromatic heterocycles. The van der Waals surface area contributed by atoms with Gasteiger partial charge in [0.15, 0.2) is 0 Å². The fourth-order valence-corrected chi connectivity index (χ4v) is 1.31. The maximum absolute atomic E-state index is 8.61. The minimum atomic E-state index is 0.233. The van der Waals surface area contributed by atoms with Gasteiger partial charge in [-0.05, 0) is 12.2 Å². The Morgan fingerprint density at radius 2 is 2.40 bits per heavy atom. The summed E-state index contributed by atoms with van der Waals surface area (Å²) >= 11 is 1.72. The van der Waals surface area contributed by atoms with Crippen LogP contribution in [-0.4, -0.2) is 22.7 Å². The van der Waals surface area contributed by atoms with Gasteiger partial charge in [-0.2, -0.15) is 17.0 Å². The normalized spacial score (nSPS) is 12.5. The van der Waals surface area contributed by atoms with Gasteiger partial charge in [-0.3, -0.25) is 0 Å². The number of aliphatic hydroxyl groups excluding tert-OH is 1. The average molecular weight is 159 g/mol. The molecule has 1 unspecified atom stereocenters. The van der Waals surface area contributed by atoms with E-state index in [0.717, 1.165) is 12.2 Å². The quantitative estimate of drug-likeness (QED) is 0.617. The first kappa shape index (κ1) is 9.80. The molecule has 0 aromatic carbocycles. The van der Waals surface area contributed by atoms with Crippen LogP contribution >= 0.6 is 11.8 Å². The molecule has 0 amide bonds. The van der Waals surface area contributed by atoms with Gasteiger partial charge in [0.2, 0.25) is 0 Å². The van der Waals surface area contributed by atoms with E-state index < -0.39 is 0 Å². The zero-order chi connectivity index (χ0) is 7.82. The molecule has 0 bridgehead atoms. The Kier molecular flexibility index (Phi) is 6.78. The van der Waals surface area contributed by atoms with Crippen molar-refractivity contribution in [1.82, 2.24) is 0 Å². The standard InChI is InChI=1S/C7H13NOS/c1-7(6-9)10-5-3-2-4-8/h7,9H,2-3,5-6H2,1H3. The van der Waals surface area contributed by atoms with Gasteiger partial charge in [-0.15, -0.1) is 0 Å². The van der Waals surface area contributed by atoms with E-state index in [0.29, 0.717) is 11.7 Å². The molecule has 0 radical (unpaired) electrons. The SMILES string of the molecule is CC(CO)SCCCC#N. The zero-order valence-corrected chi connectivity index (χ0v) is 7.02. The number of nitrogens with zero attached hydrogens (tertiary/aromatic N) is 1. The Morgan fingerprint density at radius 3 is 2.90 bits per heavy atom. The maximum atomic E-state index is 8.61. The summed E-state index contributed by atoms with van der Waals surface area (Å²) in [5.74, 6) is 0.981. The van der Waals surface area contributed by atoms with E-state index in [4.69, 9.17) is 10.4 Å². The lowest BCUT2D eigenvalue weighted by molar-refractivity contribution is 0.300. The van der Waals surface area contributed by atoms with Crippen molar-refractivity contribution in [2.24, 2.45) is 0 Å². The third-order valence-corrected chi connectivity index (χ3v) is 2.33. The fourth-order valence-electron chi connectivity index (χ4n) is 0.488. The van der Waals surface area contributed by atoms with Crippen molar-refractivity contribution in [3.63, 3.8) is 0 Å². The molecule has 1 N–H and O–H groups in total. The van der Waals surface area contributed by atoms with Crippen LogP contribution in [0.3, 0.4) is 0 Å². The summed E-state index contributed by atoms with van der Waals surface area (Å²) in [6, 6.07) is 2.08. The molecule has 0 fully saturated rings. The van der Waals surface area contributed by atoms with Gasteiger partial charge >= 0.3 is 0 Å². The molecule has 0 aliphatic heterocycles. The summed E-state index contributed by atoms with van der Waals surface area (Å²) in [4.78, 5) is 0. The van der Waals surface area contributed by atoms with Crippen LogP contribution < -0.4 is 0 Å². The molecule has 0 aliphatic carbocycles. The summed E-state index contributed by atoms with van der Waals surface area (Å²) in [6.45, 7) is 2.22. The molecule has 3 heteroatoms. The molecule has 0 rings (SSSR count). The van der Waals surface area contributed by atoms with Crippen molar-refractivity contribution < 1.29 is 5.11 Å². The van der Waals surface area contributed by atoms with Crippen molar-refractivity contribution in [1.29, 1.82) is 5.26 Å². The molecule has 58 valence electrons. The summed E-state index contributed by atoms with van der Waals surface area (Å²) in [7, 11) is 0. The Hall–Kier alpha value is -0.200. The van der Waals surface area contributed by atoms with E-state index in [9.17, 15) is 0 Å². The minimum absolute atomic E-state index is 0.233. The molecule has 1 atom stereocenters. The number of unbranched alkanes of at least 4 members (excludes halogenated alkanes) is 1. The van der Waals surface area contributed by atoms with Crippen LogP contribution in [0, 0.1) is 11.3 Å². The Labute approximate surface area is 66.2 Å². The third kappa shape index (κ3) is 5.93. The lowest BCUT2D eigenvalue weighted by atomic mass is 10.4. The zero-order valence-electron chi connectivity index (χ0n) is 6.21. The Bertz CT molecular complexity index is 111. The van der Waals surface area contributed by atoms with Crippen molar-refractivity contribution >= 4 is 11.8 Å². The van der Waals surface area contributed by atoms with Crippen molar-refractivity contribution in [2.75, 3.05) is 12.4 Å². The number of hydrogen-bond donors (Lipinski definition) is 1. The van der Waals surface area contributed by atoms with Gasteiger partial charge in [0.25, 0.3) is 0 Å². The van der Waals surface area contributed by atoms with E-state index in [1.807, 2.05) is 6.92 Å². The van der Waals surface area contributed by atoms with Gasteiger partial charge in [0.05, 0.1) is 12.7 Å². The van der Waals surface area contributed by atoms with Crippen molar-refractivity contribution in [3.05, 3.63) is 0 Å². The molecule has 0 saturated heterocycles. The number of rotatable bonds is 5. The van der Waals surface area contributed by atoms with Gasteiger partial charge in [-0.25, -0.2) is 0 Å². The second kappa shape index (κ2) is 6.91. The molecule has 10 heavy (non-hydrogen) atoms. The van der Waals surface area contributed by atoms with Crippen LogP contribution in [0.5, 0.6) is 0 Å². The number of aliphatic hydroxyl groups is 1.